The lowest BCUT2D eigenvalue weighted by Gasteiger charge is -2.11. The van der Waals surface area contributed by atoms with Gasteiger partial charge in [-0.25, -0.2) is 4.98 Å². The number of methoxy groups -OCH3 is 1. The van der Waals surface area contributed by atoms with Crippen LogP contribution in [0.3, 0.4) is 0 Å². The van der Waals surface area contributed by atoms with Gasteiger partial charge in [0.25, 0.3) is 0 Å². The number of pyridine rings is 1. The van der Waals surface area contributed by atoms with Gasteiger partial charge in [-0.15, -0.1) is 0 Å². The highest BCUT2D eigenvalue weighted by Gasteiger charge is 2.12. The first-order chi connectivity index (χ1) is 12.8. The summed E-state index contributed by atoms with van der Waals surface area (Å²) in [4.78, 5) is 8.87. The molecule has 0 saturated heterocycles. The summed E-state index contributed by atoms with van der Waals surface area (Å²) >= 11 is 0. The number of ether oxygens (including phenoxy) is 1. The van der Waals surface area contributed by atoms with E-state index in [1.165, 1.54) is 0 Å². The van der Waals surface area contributed by atoms with Crippen LogP contribution in [0.5, 0.6) is 0 Å². The summed E-state index contributed by atoms with van der Waals surface area (Å²) in [6.07, 6.45) is 5.39. The van der Waals surface area contributed by atoms with Crippen LogP contribution in [0.2, 0.25) is 0 Å². The Hall–Kier alpha value is -3.25. The highest BCUT2D eigenvalue weighted by Crippen LogP contribution is 2.24. The van der Waals surface area contributed by atoms with Crippen molar-refractivity contribution in [1.29, 1.82) is 0 Å². The third-order valence-electron chi connectivity index (χ3n) is 4.14. The van der Waals surface area contributed by atoms with Crippen LogP contribution in [-0.4, -0.2) is 26.7 Å². The summed E-state index contributed by atoms with van der Waals surface area (Å²) < 4.78 is 7.11. The predicted octanol–water partition coefficient (Wildman–Crippen LogP) is 3.55. The quantitative estimate of drug-likeness (QED) is 0.579. The zero-order valence-corrected chi connectivity index (χ0v) is 14.5. The van der Waals surface area contributed by atoms with Gasteiger partial charge in [0.1, 0.15) is 5.82 Å². The average molecular weight is 345 g/mol. The number of nitrogens with zero attached hydrogens (tertiary/aromatic N) is 4. The largest absolute Gasteiger partial charge is 0.380 e. The van der Waals surface area contributed by atoms with Crippen LogP contribution in [0.25, 0.3) is 16.9 Å². The zero-order valence-electron chi connectivity index (χ0n) is 14.5. The lowest BCUT2D eigenvalue weighted by atomic mass is 10.1. The first-order valence-electron chi connectivity index (χ1n) is 8.40. The van der Waals surface area contributed by atoms with E-state index in [4.69, 9.17) is 9.72 Å². The molecule has 0 atom stereocenters. The standard InChI is InChI=1S/C20H19N5O/c1-26-14-17-13-23-25-19(22-12-15-7-9-21-10-8-15)11-18(24-20(17)25)16-5-3-2-4-6-16/h2-11,13,22H,12,14H2,1H3. The van der Waals surface area contributed by atoms with E-state index >= 15 is 0 Å². The van der Waals surface area contributed by atoms with Crippen molar-refractivity contribution in [3.05, 3.63) is 78.2 Å². The molecule has 0 amide bonds. The van der Waals surface area contributed by atoms with Gasteiger partial charge in [-0.3, -0.25) is 4.98 Å². The molecule has 0 spiro atoms. The lowest BCUT2D eigenvalue weighted by molar-refractivity contribution is 0.186. The second-order valence-corrected chi connectivity index (χ2v) is 5.94. The summed E-state index contributed by atoms with van der Waals surface area (Å²) in [7, 11) is 1.67. The van der Waals surface area contributed by atoms with Gasteiger partial charge < -0.3 is 10.1 Å². The van der Waals surface area contributed by atoms with Crippen molar-refractivity contribution >= 4 is 11.5 Å². The smallest absolute Gasteiger partial charge is 0.163 e. The van der Waals surface area contributed by atoms with E-state index in [1.54, 1.807) is 25.7 Å². The molecule has 0 aliphatic rings. The van der Waals surface area contributed by atoms with E-state index < -0.39 is 0 Å². The maximum atomic E-state index is 5.29. The molecular weight excluding hydrogens is 326 g/mol. The van der Waals surface area contributed by atoms with E-state index in [0.717, 1.165) is 33.8 Å². The number of hydrogen-bond donors (Lipinski definition) is 1. The van der Waals surface area contributed by atoms with E-state index in [2.05, 4.69) is 27.5 Å². The molecule has 4 aromatic rings. The molecule has 1 N–H and O–H groups in total. The highest BCUT2D eigenvalue weighted by atomic mass is 16.5. The van der Waals surface area contributed by atoms with Crippen molar-refractivity contribution in [2.45, 2.75) is 13.2 Å². The molecule has 0 bridgehead atoms. The van der Waals surface area contributed by atoms with Gasteiger partial charge >= 0.3 is 0 Å². The average Bonchev–Trinajstić information content (AvgIpc) is 3.11. The maximum Gasteiger partial charge on any atom is 0.163 e. The molecule has 6 heteroatoms. The van der Waals surface area contributed by atoms with Gasteiger partial charge in [0.2, 0.25) is 0 Å². The van der Waals surface area contributed by atoms with Crippen molar-refractivity contribution < 1.29 is 4.74 Å². The molecule has 0 saturated carbocycles. The number of aromatic nitrogens is 4. The fourth-order valence-corrected chi connectivity index (χ4v) is 2.84. The Balaban J connectivity index is 1.76. The topological polar surface area (TPSA) is 64.3 Å². The van der Waals surface area contributed by atoms with Crippen LogP contribution in [0.15, 0.2) is 67.1 Å². The van der Waals surface area contributed by atoms with E-state index in [1.807, 2.05) is 40.9 Å². The summed E-state index contributed by atoms with van der Waals surface area (Å²) in [5.41, 5.74) is 4.86. The molecule has 130 valence electrons. The number of hydrogen-bond acceptors (Lipinski definition) is 5. The Morgan fingerprint density at radius 3 is 2.65 bits per heavy atom. The van der Waals surface area contributed by atoms with Crippen molar-refractivity contribution in [3.8, 4) is 11.3 Å². The van der Waals surface area contributed by atoms with Crippen LogP contribution in [0, 0.1) is 0 Å². The Morgan fingerprint density at radius 1 is 1.08 bits per heavy atom. The fourth-order valence-electron chi connectivity index (χ4n) is 2.84. The van der Waals surface area contributed by atoms with Gasteiger partial charge in [-0.1, -0.05) is 30.3 Å². The summed E-state index contributed by atoms with van der Waals surface area (Å²) in [5.74, 6) is 0.882. The fraction of sp³-hybridized carbons (Fsp3) is 0.150. The molecule has 0 radical (unpaired) electrons. The van der Waals surface area contributed by atoms with Crippen LogP contribution >= 0.6 is 0 Å². The SMILES string of the molecule is COCc1cnn2c(NCc3ccncc3)cc(-c3ccccc3)nc12. The summed E-state index contributed by atoms with van der Waals surface area (Å²) in [6.45, 7) is 1.15. The molecule has 4 rings (SSSR count). The molecular formula is C20H19N5O. The molecule has 26 heavy (non-hydrogen) atoms. The van der Waals surface area contributed by atoms with Gasteiger partial charge in [0, 0.05) is 43.2 Å². The summed E-state index contributed by atoms with van der Waals surface area (Å²) in [5, 5.41) is 7.95. The number of nitrogens with one attached hydrogen (secondary N) is 1. The van der Waals surface area contributed by atoms with Crippen molar-refractivity contribution in [2.24, 2.45) is 0 Å². The number of fused-ring (bicyclic) bond motifs is 1. The Morgan fingerprint density at radius 2 is 1.88 bits per heavy atom. The summed E-state index contributed by atoms with van der Waals surface area (Å²) in [6, 6.07) is 16.1. The van der Waals surface area contributed by atoms with Crippen molar-refractivity contribution in [3.63, 3.8) is 0 Å². The van der Waals surface area contributed by atoms with Crippen LogP contribution in [0.1, 0.15) is 11.1 Å². The molecule has 3 aromatic heterocycles. The Labute approximate surface area is 151 Å². The van der Waals surface area contributed by atoms with E-state index in [-0.39, 0.29) is 0 Å². The Bertz CT molecular complexity index is 999. The molecule has 0 aliphatic heterocycles. The number of anilines is 1. The molecule has 1 aromatic carbocycles. The van der Waals surface area contributed by atoms with Crippen LogP contribution in [0.4, 0.5) is 5.82 Å². The first kappa shape index (κ1) is 16.2. The maximum absolute atomic E-state index is 5.29. The first-order valence-corrected chi connectivity index (χ1v) is 8.40. The third kappa shape index (κ3) is 3.27. The lowest BCUT2D eigenvalue weighted by Crippen LogP contribution is -2.07. The monoisotopic (exact) mass is 345 g/mol. The number of rotatable bonds is 6. The minimum absolute atomic E-state index is 0.471. The van der Waals surface area contributed by atoms with Crippen LogP contribution < -0.4 is 5.32 Å². The predicted molar refractivity (Wildman–Crippen MR) is 101 cm³/mol. The van der Waals surface area contributed by atoms with Crippen molar-refractivity contribution in [2.75, 3.05) is 12.4 Å². The second kappa shape index (κ2) is 7.33. The van der Waals surface area contributed by atoms with E-state index in [0.29, 0.717) is 13.2 Å². The second-order valence-electron chi connectivity index (χ2n) is 5.94. The molecule has 0 fully saturated rings. The highest BCUT2D eigenvalue weighted by molar-refractivity contribution is 5.67. The van der Waals surface area contributed by atoms with E-state index in [9.17, 15) is 0 Å². The normalized spacial score (nSPS) is 11.0. The third-order valence-corrected chi connectivity index (χ3v) is 4.14. The van der Waals surface area contributed by atoms with Gasteiger partial charge in [-0.2, -0.15) is 9.61 Å². The molecule has 0 unspecified atom stereocenters. The minimum atomic E-state index is 0.471. The van der Waals surface area contributed by atoms with Crippen LogP contribution in [-0.2, 0) is 17.9 Å². The molecule has 3 heterocycles. The molecule has 6 nitrogen and oxygen atoms in total. The zero-order chi connectivity index (χ0) is 17.8. The van der Waals surface area contributed by atoms with Gasteiger partial charge in [0.05, 0.1) is 18.5 Å². The van der Waals surface area contributed by atoms with Gasteiger partial charge in [0.15, 0.2) is 5.65 Å². The molecule has 0 aliphatic carbocycles. The van der Waals surface area contributed by atoms with Crippen molar-refractivity contribution in [1.82, 2.24) is 19.6 Å². The minimum Gasteiger partial charge on any atom is -0.380 e. The van der Waals surface area contributed by atoms with Gasteiger partial charge in [-0.05, 0) is 17.7 Å². The Kier molecular flexibility index (Phi) is 4.57. The number of benzene rings is 1.